The molecule has 1 amide bonds. The molecule has 1 aromatic rings. The van der Waals surface area contributed by atoms with Crippen LogP contribution in [0.2, 0.25) is 0 Å². The zero-order chi connectivity index (χ0) is 14.0. The number of carbonyl (C=O) groups excluding carboxylic acids is 1. The summed E-state index contributed by atoms with van der Waals surface area (Å²) in [7, 11) is 0. The Balaban J connectivity index is 0.00000161. The molecule has 2 N–H and O–H groups in total. The van der Waals surface area contributed by atoms with Crippen molar-refractivity contribution in [1.82, 2.24) is 4.90 Å². The highest BCUT2D eigenvalue weighted by molar-refractivity contribution is 5.94. The van der Waals surface area contributed by atoms with Crippen molar-refractivity contribution in [2.75, 3.05) is 13.1 Å². The number of hydrogen-bond donors (Lipinski definition) is 1. The Morgan fingerprint density at radius 2 is 1.86 bits per heavy atom. The number of nitrogens with two attached hydrogens (primary N) is 1. The number of piperidine rings is 1. The van der Waals surface area contributed by atoms with Crippen molar-refractivity contribution in [3.05, 3.63) is 23.7 Å². The summed E-state index contributed by atoms with van der Waals surface area (Å²) in [6.45, 7) is 2.13. The molecule has 1 saturated carbocycles. The lowest BCUT2D eigenvalue weighted by atomic mass is 9.68. The molecule has 1 spiro atoms. The summed E-state index contributed by atoms with van der Waals surface area (Å²) in [6, 6.07) is 1.77. The number of furan rings is 1. The summed E-state index contributed by atoms with van der Waals surface area (Å²) in [4.78, 5) is 14.4. The van der Waals surface area contributed by atoms with E-state index in [4.69, 9.17) is 10.2 Å². The Kier molecular flexibility index (Phi) is 5.33. The largest absolute Gasteiger partial charge is 0.467 e. The summed E-state index contributed by atoms with van der Waals surface area (Å²) < 4.78 is 5.26. The fourth-order valence-electron chi connectivity index (χ4n) is 3.77. The van der Waals surface area contributed by atoms with Gasteiger partial charge in [0.15, 0.2) is 0 Å². The van der Waals surface area contributed by atoms with Gasteiger partial charge in [-0.1, -0.05) is 19.3 Å². The molecule has 1 aliphatic heterocycles. The first-order valence-electron chi connectivity index (χ1n) is 7.79. The zero-order valence-corrected chi connectivity index (χ0v) is 13.3. The molecule has 1 aromatic heterocycles. The lowest BCUT2D eigenvalue weighted by molar-refractivity contribution is 0.0471. The van der Waals surface area contributed by atoms with Crippen LogP contribution < -0.4 is 5.73 Å². The van der Waals surface area contributed by atoms with Gasteiger partial charge in [0.25, 0.3) is 5.91 Å². The molecule has 0 radical (unpaired) electrons. The molecule has 3 rings (SSSR count). The van der Waals surface area contributed by atoms with E-state index in [0.717, 1.165) is 13.1 Å². The van der Waals surface area contributed by atoms with E-state index in [9.17, 15) is 4.79 Å². The zero-order valence-electron chi connectivity index (χ0n) is 12.5. The van der Waals surface area contributed by atoms with Crippen LogP contribution >= 0.6 is 12.4 Å². The quantitative estimate of drug-likeness (QED) is 0.911. The van der Waals surface area contributed by atoms with Gasteiger partial charge in [-0.25, -0.2) is 0 Å². The fraction of sp³-hybridized carbons (Fsp3) is 0.688. The van der Waals surface area contributed by atoms with Gasteiger partial charge in [0, 0.05) is 13.1 Å². The average Bonchev–Trinajstić information content (AvgIpc) is 2.97. The van der Waals surface area contributed by atoms with Gasteiger partial charge >= 0.3 is 0 Å². The molecule has 2 fully saturated rings. The minimum Gasteiger partial charge on any atom is -0.467 e. The second-order valence-electron chi connectivity index (χ2n) is 6.36. The third-order valence-electron chi connectivity index (χ3n) is 5.13. The second-order valence-corrected chi connectivity index (χ2v) is 6.36. The van der Waals surface area contributed by atoms with Crippen LogP contribution in [-0.2, 0) is 6.54 Å². The smallest absolute Gasteiger partial charge is 0.257 e. The van der Waals surface area contributed by atoms with Crippen molar-refractivity contribution in [3.63, 3.8) is 0 Å². The summed E-state index contributed by atoms with van der Waals surface area (Å²) in [6.07, 6.45) is 10.7. The molecule has 21 heavy (non-hydrogen) atoms. The summed E-state index contributed by atoms with van der Waals surface area (Å²) in [5.74, 6) is 0.771. The topological polar surface area (TPSA) is 59.5 Å². The first kappa shape index (κ1) is 16.4. The van der Waals surface area contributed by atoms with E-state index in [2.05, 4.69) is 0 Å². The van der Waals surface area contributed by atoms with E-state index in [-0.39, 0.29) is 18.3 Å². The minimum atomic E-state index is 0. The van der Waals surface area contributed by atoms with E-state index < -0.39 is 0 Å². The maximum atomic E-state index is 12.4. The summed E-state index contributed by atoms with van der Waals surface area (Å²) in [5, 5.41) is 0. The number of rotatable bonds is 2. The van der Waals surface area contributed by atoms with E-state index in [1.165, 1.54) is 51.2 Å². The SMILES string of the molecule is Cl.NCc1cc(C(=O)N2CCC3(CCCCC3)CC2)co1. The molecule has 0 atom stereocenters. The van der Waals surface area contributed by atoms with Crippen molar-refractivity contribution in [3.8, 4) is 0 Å². The molecule has 1 saturated heterocycles. The van der Waals surface area contributed by atoms with Gasteiger partial charge in [0.05, 0.1) is 12.1 Å². The highest BCUT2D eigenvalue weighted by Crippen LogP contribution is 2.44. The van der Waals surface area contributed by atoms with Crippen LogP contribution in [-0.4, -0.2) is 23.9 Å². The van der Waals surface area contributed by atoms with Gasteiger partial charge in [0.2, 0.25) is 0 Å². The number of nitrogens with zero attached hydrogens (tertiary/aromatic N) is 1. The van der Waals surface area contributed by atoms with Crippen LogP contribution in [0.25, 0.3) is 0 Å². The lowest BCUT2D eigenvalue weighted by Crippen LogP contribution is -2.43. The van der Waals surface area contributed by atoms with E-state index >= 15 is 0 Å². The van der Waals surface area contributed by atoms with Crippen molar-refractivity contribution in [1.29, 1.82) is 0 Å². The van der Waals surface area contributed by atoms with Crippen molar-refractivity contribution in [2.24, 2.45) is 11.1 Å². The third kappa shape index (κ3) is 3.43. The van der Waals surface area contributed by atoms with Crippen molar-refractivity contribution in [2.45, 2.75) is 51.5 Å². The second kappa shape index (κ2) is 6.84. The highest BCUT2D eigenvalue weighted by atomic mass is 35.5. The molecule has 0 bridgehead atoms. The standard InChI is InChI=1S/C16H24N2O2.ClH/c17-11-14-10-13(12-20-14)15(19)18-8-6-16(7-9-18)4-2-1-3-5-16;/h10,12H,1-9,11,17H2;1H. The van der Waals surface area contributed by atoms with Crippen molar-refractivity contribution >= 4 is 18.3 Å². The highest BCUT2D eigenvalue weighted by Gasteiger charge is 2.36. The van der Waals surface area contributed by atoms with Crippen molar-refractivity contribution < 1.29 is 9.21 Å². The van der Waals surface area contributed by atoms with Gasteiger partial charge in [0.1, 0.15) is 12.0 Å². The molecular weight excluding hydrogens is 288 g/mol. The molecule has 1 aliphatic carbocycles. The molecule has 118 valence electrons. The molecule has 5 heteroatoms. The fourth-order valence-corrected chi connectivity index (χ4v) is 3.77. The first-order chi connectivity index (χ1) is 9.72. The lowest BCUT2D eigenvalue weighted by Gasteiger charge is -2.44. The van der Waals surface area contributed by atoms with Crippen LogP contribution in [0.5, 0.6) is 0 Å². The number of carbonyl (C=O) groups is 1. The predicted molar refractivity (Wildman–Crippen MR) is 84.5 cm³/mol. The van der Waals surface area contributed by atoms with E-state index in [0.29, 0.717) is 23.3 Å². The monoisotopic (exact) mass is 312 g/mol. The van der Waals surface area contributed by atoms with Gasteiger partial charge in [-0.3, -0.25) is 4.79 Å². The molecule has 4 nitrogen and oxygen atoms in total. The Hall–Kier alpha value is -1.00. The van der Waals surface area contributed by atoms with Gasteiger partial charge in [-0.05, 0) is 37.2 Å². The van der Waals surface area contributed by atoms with Crippen LogP contribution in [0.1, 0.15) is 61.1 Å². The van der Waals surface area contributed by atoms with Gasteiger partial charge < -0.3 is 15.1 Å². The van der Waals surface area contributed by atoms with Gasteiger partial charge in [-0.2, -0.15) is 0 Å². The summed E-state index contributed by atoms with van der Waals surface area (Å²) in [5.41, 5.74) is 6.70. The Labute approximate surface area is 132 Å². The van der Waals surface area contributed by atoms with Crippen LogP contribution in [0, 0.1) is 5.41 Å². The summed E-state index contributed by atoms with van der Waals surface area (Å²) >= 11 is 0. The molecule has 2 aliphatic rings. The molecule has 0 aromatic carbocycles. The number of amides is 1. The van der Waals surface area contributed by atoms with Crippen LogP contribution in [0.4, 0.5) is 0 Å². The number of hydrogen-bond acceptors (Lipinski definition) is 3. The van der Waals surface area contributed by atoms with Crippen LogP contribution in [0.3, 0.4) is 0 Å². The van der Waals surface area contributed by atoms with Gasteiger partial charge in [-0.15, -0.1) is 12.4 Å². The normalized spacial score (nSPS) is 21.1. The third-order valence-corrected chi connectivity index (χ3v) is 5.13. The Bertz CT molecular complexity index is 470. The number of likely N-dealkylation sites (tertiary alicyclic amines) is 1. The number of halogens is 1. The predicted octanol–water partition coefficient (Wildman–Crippen LogP) is 3.35. The maximum absolute atomic E-state index is 12.4. The van der Waals surface area contributed by atoms with E-state index in [1.54, 1.807) is 6.07 Å². The van der Waals surface area contributed by atoms with Crippen LogP contribution in [0.15, 0.2) is 16.7 Å². The maximum Gasteiger partial charge on any atom is 0.257 e. The minimum absolute atomic E-state index is 0. The molecule has 2 heterocycles. The molecule has 0 unspecified atom stereocenters. The Morgan fingerprint density at radius 3 is 2.43 bits per heavy atom. The Morgan fingerprint density at radius 1 is 1.19 bits per heavy atom. The van der Waals surface area contributed by atoms with E-state index in [1.807, 2.05) is 4.90 Å². The first-order valence-corrected chi connectivity index (χ1v) is 7.79. The molecular formula is C16H25ClN2O2. The average molecular weight is 313 g/mol.